The molecule has 8 aromatic rings. The van der Waals surface area contributed by atoms with Gasteiger partial charge in [0, 0.05) is 39.7 Å². The van der Waals surface area contributed by atoms with E-state index in [1.165, 1.54) is 26.9 Å². The van der Waals surface area contributed by atoms with Gasteiger partial charge in [0.2, 0.25) is 0 Å². The van der Waals surface area contributed by atoms with Gasteiger partial charge in [0.1, 0.15) is 5.65 Å². The SMILES string of the molecule is c1ccc(-c2cn3ccc(-c4cccc(-c5nc6ccccc6c6c5ccc5ccccc56)c4)cc3n2)cc1. The van der Waals surface area contributed by atoms with Crippen molar-refractivity contribution in [1.82, 2.24) is 14.4 Å². The van der Waals surface area contributed by atoms with Gasteiger partial charge in [-0.25, -0.2) is 9.97 Å². The number of nitrogens with zero attached hydrogens (tertiary/aromatic N) is 3. The summed E-state index contributed by atoms with van der Waals surface area (Å²) in [5.41, 5.74) is 8.41. The van der Waals surface area contributed by atoms with Crippen LogP contribution in [-0.4, -0.2) is 14.4 Å². The molecule has 39 heavy (non-hydrogen) atoms. The molecule has 0 atom stereocenters. The smallest absolute Gasteiger partial charge is 0.138 e. The molecular weight excluding hydrogens is 474 g/mol. The Morgan fingerprint density at radius 1 is 0.487 bits per heavy atom. The molecular formula is C36H23N3. The van der Waals surface area contributed by atoms with Crippen molar-refractivity contribution in [2.45, 2.75) is 0 Å². The van der Waals surface area contributed by atoms with Gasteiger partial charge in [-0.1, -0.05) is 103 Å². The maximum atomic E-state index is 5.19. The van der Waals surface area contributed by atoms with Crippen LogP contribution in [0.3, 0.4) is 0 Å². The lowest BCUT2D eigenvalue weighted by molar-refractivity contribution is 1.19. The number of imidazole rings is 1. The number of hydrogen-bond donors (Lipinski definition) is 0. The van der Waals surface area contributed by atoms with Crippen molar-refractivity contribution in [1.29, 1.82) is 0 Å². The van der Waals surface area contributed by atoms with Crippen LogP contribution >= 0.6 is 0 Å². The first-order valence-corrected chi connectivity index (χ1v) is 13.2. The van der Waals surface area contributed by atoms with Crippen LogP contribution in [0.1, 0.15) is 0 Å². The molecule has 3 aromatic heterocycles. The van der Waals surface area contributed by atoms with E-state index in [9.17, 15) is 0 Å². The lowest BCUT2D eigenvalue weighted by atomic mass is 9.94. The van der Waals surface area contributed by atoms with E-state index in [2.05, 4.69) is 126 Å². The third-order valence-corrected chi connectivity index (χ3v) is 7.59. The normalized spacial score (nSPS) is 11.6. The van der Waals surface area contributed by atoms with Gasteiger partial charge in [-0.3, -0.25) is 0 Å². The first kappa shape index (κ1) is 21.8. The van der Waals surface area contributed by atoms with Crippen molar-refractivity contribution < 1.29 is 0 Å². The third kappa shape index (κ3) is 3.59. The zero-order valence-corrected chi connectivity index (χ0v) is 21.1. The second kappa shape index (κ2) is 8.64. The number of benzene rings is 5. The zero-order valence-electron chi connectivity index (χ0n) is 21.1. The highest BCUT2D eigenvalue weighted by molar-refractivity contribution is 6.22. The second-order valence-electron chi connectivity index (χ2n) is 9.94. The molecule has 0 fully saturated rings. The molecule has 0 unspecified atom stereocenters. The van der Waals surface area contributed by atoms with Gasteiger partial charge in [-0.15, -0.1) is 0 Å². The molecule has 3 nitrogen and oxygen atoms in total. The Balaban J connectivity index is 1.30. The van der Waals surface area contributed by atoms with E-state index in [0.717, 1.165) is 44.8 Å². The van der Waals surface area contributed by atoms with Crippen molar-refractivity contribution in [3.63, 3.8) is 0 Å². The molecule has 0 saturated carbocycles. The van der Waals surface area contributed by atoms with Gasteiger partial charge >= 0.3 is 0 Å². The summed E-state index contributed by atoms with van der Waals surface area (Å²) in [6, 6.07) is 44.8. The molecule has 182 valence electrons. The molecule has 0 aliphatic carbocycles. The van der Waals surface area contributed by atoms with E-state index >= 15 is 0 Å². The maximum absolute atomic E-state index is 5.19. The Labute approximate surface area is 225 Å². The van der Waals surface area contributed by atoms with Gasteiger partial charge in [0.25, 0.3) is 0 Å². The van der Waals surface area contributed by atoms with Crippen LogP contribution in [0, 0.1) is 0 Å². The number of fused-ring (bicyclic) bond motifs is 6. The van der Waals surface area contributed by atoms with Crippen molar-refractivity contribution >= 4 is 38.1 Å². The van der Waals surface area contributed by atoms with Crippen LogP contribution in [0.4, 0.5) is 0 Å². The Morgan fingerprint density at radius 3 is 2.15 bits per heavy atom. The first-order chi connectivity index (χ1) is 19.3. The molecule has 3 heteroatoms. The zero-order chi connectivity index (χ0) is 25.8. The molecule has 3 heterocycles. The number of hydrogen-bond acceptors (Lipinski definition) is 2. The third-order valence-electron chi connectivity index (χ3n) is 7.59. The minimum atomic E-state index is 0.928. The largest absolute Gasteiger partial charge is 0.306 e. The van der Waals surface area contributed by atoms with E-state index in [4.69, 9.17) is 9.97 Å². The topological polar surface area (TPSA) is 30.2 Å². The molecule has 8 rings (SSSR count). The quantitative estimate of drug-likeness (QED) is 0.228. The molecule has 0 saturated heterocycles. The monoisotopic (exact) mass is 497 g/mol. The van der Waals surface area contributed by atoms with Crippen LogP contribution in [0.15, 0.2) is 140 Å². The van der Waals surface area contributed by atoms with Crippen LogP contribution in [-0.2, 0) is 0 Å². The van der Waals surface area contributed by atoms with Crippen LogP contribution in [0.2, 0.25) is 0 Å². The van der Waals surface area contributed by atoms with Crippen molar-refractivity contribution in [3.8, 4) is 33.6 Å². The van der Waals surface area contributed by atoms with E-state index < -0.39 is 0 Å². The summed E-state index contributed by atoms with van der Waals surface area (Å²) in [4.78, 5) is 10.1. The Morgan fingerprint density at radius 2 is 1.23 bits per heavy atom. The number of pyridine rings is 2. The Bertz CT molecular complexity index is 2160. The second-order valence-corrected chi connectivity index (χ2v) is 9.94. The minimum Gasteiger partial charge on any atom is -0.306 e. The van der Waals surface area contributed by atoms with E-state index in [1.807, 2.05) is 18.2 Å². The summed E-state index contributed by atoms with van der Waals surface area (Å²) in [7, 11) is 0. The summed E-state index contributed by atoms with van der Waals surface area (Å²) in [6.45, 7) is 0. The van der Waals surface area contributed by atoms with Gasteiger partial charge in [0.15, 0.2) is 0 Å². The molecule has 5 aromatic carbocycles. The average Bonchev–Trinajstić information content (AvgIpc) is 3.44. The standard InChI is InChI=1S/C36H23N3/c1-2-10-25(11-3-1)33-23-39-20-19-27(22-34(39)37-33)26-12-8-13-28(21-26)36-31-18-17-24-9-4-5-14-29(24)35(31)30-15-6-7-16-32(30)38-36/h1-23H. The fraction of sp³-hybridized carbons (Fsp3) is 0. The predicted molar refractivity (Wildman–Crippen MR) is 162 cm³/mol. The fourth-order valence-electron chi connectivity index (χ4n) is 5.70. The van der Waals surface area contributed by atoms with Gasteiger partial charge in [-0.05, 0) is 46.2 Å². The molecule has 0 spiro atoms. The lowest BCUT2D eigenvalue weighted by Gasteiger charge is -2.13. The first-order valence-electron chi connectivity index (χ1n) is 13.2. The van der Waals surface area contributed by atoms with Crippen molar-refractivity contribution in [2.24, 2.45) is 0 Å². The van der Waals surface area contributed by atoms with Crippen LogP contribution in [0.5, 0.6) is 0 Å². The predicted octanol–water partition coefficient (Wildman–Crippen LogP) is 9.19. The number of para-hydroxylation sites is 1. The number of rotatable bonds is 3. The fourth-order valence-corrected chi connectivity index (χ4v) is 5.70. The molecule has 0 N–H and O–H groups in total. The molecule has 0 bridgehead atoms. The van der Waals surface area contributed by atoms with Crippen LogP contribution in [0.25, 0.3) is 71.7 Å². The summed E-state index contributed by atoms with van der Waals surface area (Å²) in [5, 5.41) is 6.10. The molecule has 0 radical (unpaired) electrons. The molecule has 0 aliphatic heterocycles. The summed E-state index contributed by atoms with van der Waals surface area (Å²) >= 11 is 0. The van der Waals surface area contributed by atoms with E-state index in [0.29, 0.717) is 0 Å². The van der Waals surface area contributed by atoms with Crippen molar-refractivity contribution in [2.75, 3.05) is 0 Å². The minimum absolute atomic E-state index is 0.928. The highest BCUT2D eigenvalue weighted by atomic mass is 15.0. The maximum Gasteiger partial charge on any atom is 0.138 e. The molecule has 0 amide bonds. The summed E-state index contributed by atoms with van der Waals surface area (Å²) in [5.74, 6) is 0. The highest BCUT2D eigenvalue weighted by Gasteiger charge is 2.14. The van der Waals surface area contributed by atoms with Gasteiger partial charge in [0.05, 0.1) is 16.9 Å². The van der Waals surface area contributed by atoms with Crippen LogP contribution < -0.4 is 0 Å². The lowest BCUT2D eigenvalue weighted by Crippen LogP contribution is -1.91. The highest BCUT2D eigenvalue weighted by Crippen LogP contribution is 2.38. The van der Waals surface area contributed by atoms with Gasteiger partial charge < -0.3 is 4.40 Å². The summed E-state index contributed by atoms with van der Waals surface area (Å²) in [6.07, 6.45) is 4.17. The number of aromatic nitrogens is 3. The Hall–Kier alpha value is -5.28. The summed E-state index contributed by atoms with van der Waals surface area (Å²) < 4.78 is 2.08. The Kier molecular flexibility index (Phi) is 4.82. The molecule has 0 aliphatic rings. The van der Waals surface area contributed by atoms with E-state index in [1.54, 1.807) is 0 Å². The van der Waals surface area contributed by atoms with Crippen molar-refractivity contribution in [3.05, 3.63) is 140 Å². The van der Waals surface area contributed by atoms with Gasteiger partial charge in [-0.2, -0.15) is 0 Å². The average molecular weight is 498 g/mol. The van der Waals surface area contributed by atoms with E-state index in [-0.39, 0.29) is 0 Å².